The predicted molar refractivity (Wildman–Crippen MR) is 67.7 cm³/mol. The molecule has 1 aliphatic rings. The average molecular weight is 266 g/mol. The number of carbonyl (C=O) groups is 2. The molecule has 0 heterocycles. The zero-order valence-corrected chi connectivity index (χ0v) is 10.3. The van der Waals surface area contributed by atoms with Crippen LogP contribution < -0.4 is 10.6 Å². The van der Waals surface area contributed by atoms with E-state index in [9.17, 15) is 14.0 Å². The zero-order valence-electron chi connectivity index (χ0n) is 10.3. The van der Waals surface area contributed by atoms with Crippen molar-refractivity contribution in [3.8, 4) is 0 Å². The molecule has 1 aromatic rings. The Hall–Kier alpha value is -2.11. The quantitative estimate of drug-likeness (QED) is 0.766. The minimum atomic E-state index is -1.17. The van der Waals surface area contributed by atoms with E-state index in [1.165, 1.54) is 12.8 Å². The van der Waals surface area contributed by atoms with Crippen LogP contribution in [0.5, 0.6) is 0 Å². The fourth-order valence-corrected chi connectivity index (χ4v) is 1.72. The molecule has 0 spiro atoms. The molecule has 0 saturated heterocycles. The van der Waals surface area contributed by atoms with Crippen LogP contribution in [0, 0.1) is 11.7 Å². The molecule has 19 heavy (non-hydrogen) atoms. The van der Waals surface area contributed by atoms with Crippen LogP contribution in [-0.2, 0) is 0 Å². The third-order valence-corrected chi connectivity index (χ3v) is 3.00. The second-order valence-corrected chi connectivity index (χ2v) is 4.61. The summed E-state index contributed by atoms with van der Waals surface area (Å²) < 4.78 is 13.4. The summed E-state index contributed by atoms with van der Waals surface area (Å²) >= 11 is 0. The van der Waals surface area contributed by atoms with E-state index >= 15 is 0 Å². The largest absolute Gasteiger partial charge is 0.478 e. The second kappa shape index (κ2) is 5.69. The van der Waals surface area contributed by atoms with Crippen molar-refractivity contribution in [2.24, 2.45) is 5.92 Å². The first-order valence-electron chi connectivity index (χ1n) is 6.14. The molecule has 5 nitrogen and oxygen atoms in total. The summed E-state index contributed by atoms with van der Waals surface area (Å²) in [6.07, 6.45) is 3.34. The van der Waals surface area contributed by atoms with Gasteiger partial charge in [-0.15, -0.1) is 0 Å². The number of carbonyl (C=O) groups excluding carboxylic acids is 1. The van der Waals surface area contributed by atoms with Crippen LogP contribution in [0.3, 0.4) is 0 Å². The normalized spacial score (nSPS) is 13.9. The van der Waals surface area contributed by atoms with E-state index in [0.717, 1.165) is 24.6 Å². The zero-order chi connectivity index (χ0) is 13.8. The molecule has 0 aliphatic heterocycles. The Morgan fingerprint density at radius 1 is 1.37 bits per heavy atom. The average Bonchev–Trinajstić information content (AvgIpc) is 3.15. The number of aromatic carboxylic acids is 1. The van der Waals surface area contributed by atoms with Gasteiger partial charge < -0.3 is 15.7 Å². The van der Waals surface area contributed by atoms with Crippen LogP contribution in [0.1, 0.15) is 29.6 Å². The van der Waals surface area contributed by atoms with Crippen LogP contribution in [0.4, 0.5) is 14.9 Å². The number of benzene rings is 1. The van der Waals surface area contributed by atoms with Gasteiger partial charge in [0.2, 0.25) is 0 Å². The molecule has 0 atom stereocenters. The molecule has 1 saturated carbocycles. The minimum Gasteiger partial charge on any atom is -0.478 e. The minimum absolute atomic E-state index is 0.0744. The van der Waals surface area contributed by atoms with Gasteiger partial charge in [-0.05, 0) is 30.5 Å². The maximum atomic E-state index is 13.4. The number of urea groups is 1. The van der Waals surface area contributed by atoms with Crippen molar-refractivity contribution in [1.82, 2.24) is 5.32 Å². The molecule has 2 rings (SSSR count). The first kappa shape index (κ1) is 13.3. The van der Waals surface area contributed by atoms with Crippen molar-refractivity contribution in [2.75, 3.05) is 11.9 Å². The van der Waals surface area contributed by atoms with Crippen LogP contribution in [-0.4, -0.2) is 23.7 Å². The molecule has 1 aromatic carbocycles. The topological polar surface area (TPSA) is 78.4 Å². The summed E-state index contributed by atoms with van der Waals surface area (Å²) in [6.45, 7) is 0.538. The lowest BCUT2D eigenvalue weighted by Crippen LogP contribution is -2.30. The van der Waals surface area contributed by atoms with E-state index in [2.05, 4.69) is 10.6 Å². The number of amides is 2. The fraction of sp³-hybridized carbons (Fsp3) is 0.385. The van der Waals surface area contributed by atoms with Crippen LogP contribution >= 0.6 is 0 Å². The molecule has 0 unspecified atom stereocenters. The molecule has 0 radical (unpaired) electrons. The van der Waals surface area contributed by atoms with Crippen molar-refractivity contribution in [1.29, 1.82) is 0 Å². The predicted octanol–water partition coefficient (Wildman–Crippen LogP) is 2.45. The van der Waals surface area contributed by atoms with Gasteiger partial charge >= 0.3 is 12.0 Å². The summed E-state index contributed by atoms with van der Waals surface area (Å²) in [6, 6.07) is 2.73. The Labute approximate surface area is 109 Å². The first-order chi connectivity index (χ1) is 9.06. The molecule has 1 aliphatic carbocycles. The highest BCUT2D eigenvalue weighted by molar-refractivity contribution is 5.93. The molecule has 2 amide bonds. The molecular formula is C13H15FN2O3. The number of anilines is 1. The number of nitrogens with one attached hydrogen (secondary N) is 2. The van der Waals surface area contributed by atoms with Crippen molar-refractivity contribution in [2.45, 2.75) is 19.3 Å². The van der Waals surface area contributed by atoms with Gasteiger partial charge in [0, 0.05) is 6.54 Å². The van der Waals surface area contributed by atoms with E-state index in [4.69, 9.17) is 5.11 Å². The lowest BCUT2D eigenvalue weighted by Gasteiger charge is -2.08. The smallest absolute Gasteiger partial charge is 0.335 e. The number of hydrogen-bond donors (Lipinski definition) is 3. The fourth-order valence-electron chi connectivity index (χ4n) is 1.72. The van der Waals surface area contributed by atoms with E-state index in [0.29, 0.717) is 12.5 Å². The number of carboxylic acids is 1. The maximum Gasteiger partial charge on any atom is 0.335 e. The van der Waals surface area contributed by atoms with Crippen LogP contribution in [0.15, 0.2) is 18.2 Å². The Morgan fingerprint density at radius 3 is 2.74 bits per heavy atom. The van der Waals surface area contributed by atoms with Crippen molar-refractivity contribution in [3.63, 3.8) is 0 Å². The van der Waals surface area contributed by atoms with Crippen molar-refractivity contribution >= 4 is 17.7 Å². The lowest BCUT2D eigenvalue weighted by atomic mass is 10.2. The Balaban J connectivity index is 1.90. The standard InChI is InChI=1S/C13H15FN2O3/c14-10-4-3-9(12(17)18)7-11(10)16-13(19)15-6-5-8-1-2-8/h3-4,7-8H,1-2,5-6H2,(H,17,18)(H2,15,16,19). The van der Waals surface area contributed by atoms with E-state index in [1.54, 1.807) is 0 Å². The van der Waals surface area contributed by atoms with Crippen LogP contribution in [0.25, 0.3) is 0 Å². The maximum absolute atomic E-state index is 13.4. The SMILES string of the molecule is O=C(NCCC1CC1)Nc1cc(C(=O)O)ccc1F. The lowest BCUT2D eigenvalue weighted by molar-refractivity contribution is 0.0697. The van der Waals surface area contributed by atoms with E-state index in [-0.39, 0.29) is 11.3 Å². The highest BCUT2D eigenvalue weighted by Gasteiger charge is 2.20. The Kier molecular flexibility index (Phi) is 3.99. The number of carboxylic acid groups (broad SMARTS) is 1. The highest BCUT2D eigenvalue weighted by atomic mass is 19.1. The summed E-state index contributed by atoms with van der Waals surface area (Å²) in [7, 11) is 0. The van der Waals surface area contributed by atoms with Gasteiger partial charge in [0.15, 0.2) is 0 Å². The number of halogens is 1. The number of rotatable bonds is 5. The summed E-state index contributed by atoms with van der Waals surface area (Å²) in [5.74, 6) is -1.13. The van der Waals surface area contributed by atoms with Gasteiger partial charge in [-0.2, -0.15) is 0 Å². The monoisotopic (exact) mass is 266 g/mol. The third kappa shape index (κ3) is 3.94. The third-order valence-electron chi connectivity index (χ3n) is 3.00. The van der Waals surface area contributed by atoms with Crippen molar-refractivity contribution < 1.29 is 19.1 Å². The summed E-state index contributed by atoms with van der Waals surface area (Å²) in [5, 5.41) is 13.7. The Morgan fingerprint density at radius 2 is 2.11 bits per heavy atom. The van der Waals surface area contributed by atoms with Gasteiger partial charge in [-0.1, -0.05) is 12.8 Å². The Bertz CT molecular complexity index is 501. The van der Waals surface area contributed by atoms with E-state index < -0.39 is 17.8 Å². The molecule has 0 aromatic heterocycles. The summed E-state index contributed by atoms with van der Waals surface area (Å²) in [5.41, 5.74) is -0.210. The molecule has 0 bridgehead atoms. The second-order valence-electron chi connectivity index (χ2n) is 4.61. The molecule has 6 heteroatoms. The van der Waals surface area contributed by atoms with Gasteiger partial charge in [-0.3, -0.25) is 0 Å². The van der Waals surface area contributed by atoms with Gasteiger partial charge in [0.1, 0.15) is 5.82 Å². The molecule has 1 fully saturated rings. The molecule has 3 N–H and O–H groups in total. The van der Waals surface area contributed by atoms with Crippen LogP contribution in [0.2, 0.25) is 0 Å². The highest BCUT2D eigenvalue weighted by Crippen LogP contribution is 2.31. The van der Waals surface area contributed by atoms with Gasteiger partial charge in [0.05, 0.1) is 11.3 Å². The van der Waals surface area contributed by atoms with Gasteiger partial charge in [-0.25, -0.2) is 14.0 Å². The molecule has 102 valence electrons. The first-order valence-corrected chi connectivity index (χ1v) is 6.14. The van der Waals surface area contributed by atoms with Gasteiger partial charge in [0.25, 0.3) is 0 Å². The van der Waals surface area contributed by atoms with E-state index in [1.807, 2.05) is 0 Å². The molecular weight excluding hydrogens is 251 g/mol. The summed E-state index contributed by atoms with van der Waals surface area (Å²) in [4.78, 5) is 22.3. The number of hydrogen-bond acceptors (Lipinski definition) is 2. The van der Waals surface area contributed by atoms with Crippen molar-refractivity contribution in [3.05, 3.63) is 29.6 Å².